The molecule has 0 spiro atoms. The van der Waals surface area contributed by atoms with Gasteiger partial charge in [-0.3, -0.25) is 4.79 Å². The number of carbonyl (C=O) groups is 1. The summed E-state index contributed by atoms with van der Waals surface area (Å²) in [5.41, 5.74) is 8.30. The molecule has 32 heavy (non-hydrogen) atoms. The van der Waals surface area contributed by atoms with Gasteiger partial charge in [-0.1, -0.05) is 11.6 Å². The molecule has 1 amide bonds. The van der Waals surface area contributed by atoms with Crippen LogP contribution in [0.5, 0.6) is 0 Å². The highest BCUT2D eigenvalue weighted by atomic mass is 35.5. The van der Waals surface area contributed by atoms with Gasteiger partial charge in [0, 0.05) is 11.8 Å². The van der Waals surface area contributed by atoms with E-state index < -0.39 is 23.6 Å². The van der Waals surface area contributed by atoms with Crippen LogP contribution in [0.25, 0.3) is 16.7 Å². The van der Waals surface area contributed by atoms with Crippen LogP contribution in [0, 0.1) is 25.5 Å². The van der Waals surface area contributed by atoms with Crippen molar-refractivity contribution in [1.82, 2.24) is 19.7 Å². The van der Waals surface area contributed by atoms with Crippen LogP contribution in [-0.4, -0.2) is 30.8 Å². The van der Waals surface area contributed by atoms with Gasteiger partial charge in [-0.2, -0.15) is 5.10 Å². The maximum absolute atomic E-state index is 13.4. The van der Waals surface area contributed by atoms with E-state index in [1.807, 2.05) is 0 Å². The van der Waals surface area contributed by atoms with E-state index in [4.69, 9.17) is 17.3 Å². The van der Waals surface area contributed by atoms with E-state index in [0.717, 1.165) is 12.1 Å². The van der Waals surface area contributed by atoms with Crippen molar-refractivity contribution in [2.45, 2.75) is 20.0 Å². The van der Waals surface area contributed by atoms with Gasteiger partial charge >= 0.3 is 0 Å². The van der Waals surface area contributed by atoms with E-state index in [1.54, 1.807) is 19.9 Å². The third-order valence-electron chi connectivity index (χ3n) is 4.72. The molecule has 11 heteroatoms. The number of anilines is 2. The number of rotatable bonds is 4. The van der Waals surface area contributed by atoms with Gasteiger partial charge in [-0.05, 0) is 49.7 Å². The number of amides is 1. The number of nitrogen functional groups attached to an aromatic ring is 1. The second-order valence-electron chi connectivity index (χ2n) is 7.11. The number of nitrogens with two attached hydrogens (primary N) is 1. The summed E-state index contributed by atoms with van der Waals surface area (Å²) in [6.45, 7) is 3.51. The molecule has 0 saturated carbocycles. The molecule has 0 bridgehead atoms. The summed E-state index contributed by atoms with van der Waals surface area (Å²) in [7, 11) is 0. The highest BCUT2D eigenvalue weighted by molar-refractivity contribution is 6.32. The molecule has 4 N–H and O–H groups in total. The molecule has 0 radical (unpaired) electrons. The first-order valence-electron chi connectivity index (χ1n) is 9.38. The first-order valence-corrected chi connectivity index (χ1v) is 9.76. The monoisotopic (exact) mass is 458 g/mol. The van der Waals surface area contributed by atoms with Gasteiger partial charge in [0.15, 0.2) is 11.9 Å². The van der Waals surface area contributed by atoms with E-state index in [9.17, 15) is 18.7 Å². The lowest BCUT2D eigenvalue weighted by atomic mass is 10.1. The van der Waals surface area contributed by atoms with Gasteiger partial charge in [0.05, 0.1) is 16.4 Å². The molecule has 0 saturated heterocycles. The number of hydrogen-bond acceptors (Lipinski definition) is 6. The topological polar surface area (TPSA) is 119 Å². The Morgan fingerprint density at radius 2 is 1.84 bits per heavy atom. The van der Waals surface area contributed by atoms with Crippen molar-refractivity contribution < 1.29 is 18.7 Å². The molecule has 4 rings (SSSR count). The van der Waals surface area contributed by atoms with E-state index in [-0.39, 0.29) is 22.1 Å². The van der Waals surface area contributed by atoms with Crippen molar-refractivity contribution in [2.24, 2.45) is 0 Å². The van der Waals surface area contributed by atoms with Crippen LogP contribution < -0.4 is 11.1 Å². The lowest BCUT2D eigenvalue weighted by Crippen LogP contribution is -2.21. The number of carbonyl (C=O) groups excluding carboxylic acids is 1. The van der Waals surface area contributed by atoms with Crippen LogP contribution >= 0.6 is 11.6 Å². The molecule has 164 valence electrons. The molecular weight excluding hydrogens is 442 g/mol. The van der Waals surface area contributed by atoms with Crippen molar-refractivity contribution in [1.29, 1.82) is 0 Å². The molecule has 0 aliphatic carbocycles. The molecule has 4 aromatic rings. The van der Waals surface area contributed by atoms with Crippen LogP contribution in [0.15, 0.2) is 36.4 Å². The van der Waals surface area contributed by atoms with Crippen molar-refractivity contribution in [3.63, 3.8) is 0 Å². The second kappa shape index (κ2) is 8.13. The first kappa shape index (κ1) is 21.6. The minimum Gasteiger partial charge on any atom is -0.382 e. The van der Waals surface area contributed by atoms with Crippen molar-refractivity contribution in [2.75, 3.05) is 11.1 Å². The zero-order valence-electron chi connectivity index (χ0n) is 16.9. The Balaban J connectivity index is 1.63. The molecule has 1 atom stereocenters. The quantitative estimate of drug-likeness (QED) is 0.430. The van der Waals surface area contributed by atoms with Gasteiger partial charge in [0.2, 0.25) is 0 Å². The maximum Gasteiger partial charge on any atom is 0.257 e. The number of nitrogens with one attached hydrogen (secondary N) is 1. The Labute approximate surface area is 185 Å². The molecule has 2 heterocycles. The van der Waals surface area contributed by atoms with Gasteiger partial charge in [-0.25, -0.2) is 23.4 Å². The van der Waals surface area contributed by atoms with Crippen LogP contribution in [-0.2, 0) is 4.79 Å². The number of nitrogens with zero attached hydrogens (tertiary/aromatic N) is 4. The fraction of sp³-hybridized carbons (Fsp3) is 0.143. The molecule has 0 aliphatic heterocycles. The zero-order chi connectivity index (χ0) is 23.2. The van der Waals surface area contributed by atoms with Gasteiger partial charge in [0.1, 0.15) is 28.5 Å². The van der Waals surface area contributed by atoms with Crippen LogP contribution in [0.1, 0.15) is 23.2 Å². The predicted octanol–water partition coefficient (Wildman–Crippen LogP) is 3.62. The third kappa shape index (κ3) is 3.97. The van der Waals surface area contributed by atoms with Gasteiger partial charge in [-0.15, -0.1) is 0 Å². The Morgan fingerprint density at radius 1 is 1.16 bits per heavy atom. The fourth-order valence-corrected chi connectivity index (χ4v) is 3.58. The first-order chi connectivity index (χ1) is 15.1. The Kier molecular flexibility index (Phi) is 5.49. The standard InChI is InChI=1S/C21H17ClF2N6O2/c1-9-17-18(20(25)27-10(2)26-17)30(29-9)16-4-3-14(8-15(16)22)28-21(32)19(31)11-5-12(23)7-13(24)6-11/h3-8,19,31H,1-2H3,(H,28,32)(H2,25,26,27)/t19-/m1/s1. The van der Waals surface area contributed by atoms with Crippen LogP contribution in [0.4, 0.5) is 20.3 Å². The highest BCUT2D eigenvalue weighted by Gasteiger charge is 2.21. The highest BCUT2D eigenvalue weighted by Crippen LogP contribution is 2.30. The summed E-state index contributed by atoms with van der Waals surface area (Å²) in [5.74, 6) is -1.93. The lowest BCUT2D eigenvalue weighted by Gasteiger charge is -2.13. The van der Waals surface area contributed by atoms with E-state index in [0.29, 0.717) is 34.3 Å². The van der Waals surface area contributed by atoms with E-state index in [2.05, 4.69) is 20.4 Å². The molecule has 2 aromatic heterocycles. The predicted molar refractivity (Wildman–Crippen MR) is 116 cm³/mol. The summed E-state index contributed by atoms with van der Waals surface area (Å²) in [5, 5.41) is 17.3. The smallest absolute Gasteiger partial charge is 0.257 e. The number of halogens is 3. The second-order valence-corrected chi connectivity index (χ2v) is 7.52. The Morgan fingerprint density at radius 3 is 2.50 bits per heavy atom. The van der Waals surface area contributed by atoms with Crippen molar-refractivity contribution >= 4 is 40.0 Å². The molecule has 0 aliphatic rings. The number of benzene rings is 2. The van der Waals surface area contributed by atoms with Crippen LogP contribution in [0.3, 0.4) is 0 Å². The number of aliphatic hydroxyl groups excluding tert-OH is 1. The van der Waals surface area contributed by atoms with Crippen molar-refractivity contribution in [3.05, 3.63) is 70.1 Å². The normalized spacial score (nSPS) is 12.2. The zero-order valence-corrected chi connectivity index (χ0v) is 17.7. The fourth-order valence-electron chi connectivity index (χ4n) is 3.32. The number of aromatic nitrogens is 4. The number of hydrogen-bond donors (Lipinski definition) is 3. The lowest BCUT2D eigenvalue weighted by molar-refractivity contribution is -0.124. The maximum atomic E-state index is 13.4. The Bertz CT molecular complexity index is 1350. The summed E-state index contributed by atoms with van der Waals surface area (Å²) < 4.78 is 28.3. The molecular formula is C21H17ClF2N6O2. The largest absolute Gasteiger partial charge is 0.382 e. The molecule has 8 nitrogen and oxygen atoms in total. The summed E-state index contributed by atoms with van der Waals surface area (Å²) >= 11 is 6.42. The summed E-state index contributed by atoms with van der Waals surface area (Å²) in [6, 6.07) is 6.98. The average molecular weight is 459 g/mol. The number of fused-ring (bicyclic) bond motifs is 1. The average Bonchev–Trinajstić information content (AvgIpc) is 3.03. The minimum atomic E-state index is -1.78. The molecule has 2 aromatic carbocycles. The van der Waals surface area contributed by atoms with E-state index in [1.165, 1.54) is 16.8 Å². The number of aliphatic hydroxyl groups is 1. The summed E-state index contributed by atoms with van der Waals surface area (Å²) in [4.78, 5) is 20.9. The van der Waals surface area contributed by atoms with Gasteiger partial charge in [0.25, 0.3) is 5.91 Å². The number of aryl methyl sites for hydroxylation is 2. The Hall–Kier alpha value is -3.63. The summed E-state index contributed by atoms with van der Waals surface area (Å²) in [6.07, 6.45) is -1.78. The minimum absolute atomic E-state index is 0.216. The van der Waals surface area contributed by atoms with Crippen LogP contribution in [0.2, 0.25) is 5.02 Å². The van der Waals surface area contributed by atoms with E-state index >= 15 is 0 Å². The van der Waals surface area contributed by atoms with Crippen molar-refractivity contribution in [3.8, 4) is 5.69 Å². The SMILES string of the molecule is Cc1nc(N)c2c(n1)c(C)nn2-c1ccc(NC(=O)[C@H](O)c2cc(F)cc(F)c2)cc1Cl. The van der Waals surface area contributed by atoms with Gasteiger partial charge < -0.3 is 16.2 Å². The third-order valence-corrected chi connectivity index (χ3v) is 5.02. The molecule has 0 unspecified atom stereocenters. The molecule has 0 fully saturated rings.